The molecule has 0 aliphatic heterocycles. The lowest BCUT2D eigenvalue weighted by Crippen LogP contribution is -2.37. The van der Waals surface area contributed by atoms with E-state index >= 15 is 0 Å². The Labute approximate surface area is 158 Å². The molecule has 1 atom stereocenters. The van der Waals surface area contributed by atoms with Crippen molar-refractivity contribution in [1.82, 2.24) is 25.8 Å². The van der Waals surface area contributed by atoms with E-state index in [4.69, 9.17) is 9.26 Å². The van der Waals surface area contributed by atoms with Crippen molar-refractivity contribution >= 4 is 17.3 Å². The van der Waals surface area contributed by atoms with Crippen molar-refractivity contribution in [2.45, 2.75) is 39.1 Å². The van der Waals surface area contributed by atoms with E-state index in [1.165, 1.54) is 0 Å². The lowest BCUT2D eigenvalue weighted by atomic mass is 10.4. The molecule has 0 aliphatic rings. The predicted molar refractivity (Wildman–Crippen MR) is 93.4 cm³/mol. The first-order chi connectivity index (χ1) is 12.8. The Bertz CT molecular complexity index is 746. The van der Waals surface area contributed by atoms with Crippen LogP contribution < -0.4 is 10.6 Å². The number of halogens is 3. The molecular formula is C15H21F3N6O2S. The highest BCUT2D eigenvalue weighted by Gasteiger charge is 2.33. The lowest BCUT2D eigenvalue weighted by Gasteiger charge is -2.09. The van der Waals surface area contributed by atoms with Crippen LogP contribution >= 0.6 is 11.3 Å². The average molecular weight is 406 g/mol. The topological polar surface area (TPSA) is 97.5 Å². The second-order valence-corrected chi connectivity index (χ2v) is 6.31. The molecule has 12 heteroatoms. The van der Waals surface area contributed by atoms with Crippen LogP contribution in [0.15, 0.2) is 14.9 Å². The summed E-state index contributed by atoms with van der Waals surface area (Å²) in [6.07, 6.45) is -4.33. The van der Waals surface area contributed by atoms with Gasteiger partial charge in [-0.15, -0.1) is 11.3 Å². The molecule has 0 bridgehead atoms. The van der Waals surface area contributed by atoms with Crippen LogP contribution in [-0.2, 0) is 23.9 Å². The molecule has 0 amide bonds. The maximum atomic E-state index is 12.5. The molecular weight excluding hydrogens is 385 g/mol. The number of rotatable bonds is 8. The predicted octanol–water partition coefficient (Wildman–Crippen LogP) is 2.55. The minimum Gasteiger partial charge on any atom is -0.371 e. The molecule has 27 heavy (non-hydrogen) atoms. The summed E-state index contributed by atoms with van der Waals surface area (Å²) in [5.41, 5.74) is -0.863. The number of thiazole rings is 1. The molecule has 2 N–H and O–H groups in total. The highest BCUT2D eigenvalue weighted by Crippen LogP contribution is 2.29. The Morgan fingerprint density at radius 3 is 2.78 bits per heavy atom. The van der Waals surface area contributed by atoms with Gasteiger partial charge < -0.3 is 19.9 Å². The van der Waals surface area contributed by atoms with Gasteiger partial charge in [0.05, 0.1) is 11.6 Å². The molecule has 0 fully saturated rings. The van der Waals surface area contributed by atoms with Crippen LogP contribution in [0.5, 0.6) is 0 Å². The highest BCUT2D eigenvalue weighted by atomic mass is 32.1. The van der Waals surface area contributed by atoms with Crippen molar-refractivity contribution < 1.29 is 22.4 Å². The Morgan fingerprint density at radius 1 is 1.37 bits per heavy atom. The third-order valence-electron chi connectivity index (χ3n) is 3.37. The summed E-state index contributed by atoms with van der Waals surface area (Å²) < 4.78 is 48.1. The van der Waals surface area contributed by atoms with Crippen LogP contribution in [0.2, 0.25) is 0 Å². The quantitative estimate of drug-likeness (QED) is 0.514. The van der Waals surface area contributed by atoms with Crippen molar-refractivity contribution in [1.29, 1.82) is 0 Å². The highest BCUT2D eigenvalue weighted by molar-refractivity contribution is 7.09. The molecule has 0 saturated carbocycles. The Kier molecular flexibility index (Phi) is 7.54. The van der Waals surface area contributed by atoms with Crippen LogP contribution in [0.25, 0.3) is 0 Å². The van der Waals surface area contributed by atoms with Gasteiger partial charge in [-0.3, -0.25) is 4.99 Å². The summed E-state index contributed by atoms with van der Waals surface area (Å²) in [7, 11) is 1.58. The third kappa shape index (κ3) is 6.47. The zero-order valence-corrected chi connectivity index (χ0v) is 15.9. The van der Waals surface area contributed by atoms with E-state index < -0.39 is 11.9 Å². The van der Waals surface area contributed by atoms with Gasteiger partial charge in [0.2, 0.25) is 5.89 Å². The molecule has 8 nitrogen and oxygen atoms in total. The molecule has 0 aromatic carbocycles. The standard InChI is InChI=1S/C15H21F3N6O2S/c1-4-25-9(2)13-23-11(26-24-13)7-21-14(19-3)20-6-5-12-22-10(8-27-12)15(16,17)18/h8-9H,4-7H2,1-3H3,(H2,19,20,21). The number of alkyl halides is 3. The number of ether oxygens (including phenoxy) is 1. The summed E-state index contributed by atoms with van der Waals surface area (Å²) in [6, 6.07) is 0. The summed E-state index contributed by atoms with van der Waals surface area (Å²) in [5, 5.41) is 11.3. The molecule has 0 aliphatic carbocycles. The van der Waals surface area contributed by atoms with Crippen molar-refractivity contribution in [3.8, 4) is 0 Å². The first-order valence-corrected chi connectivity index (χ1v) is 9.11. The number of hydrogen-bond acceptors (Lipinski definition) is 7. The SMILES string of the molecule is CCOC(C)c1noc(CNC(=NC)NCCc2nc(C(F)(F)F)cs2)n1. The lowest BCUT2D eigenvalue weighted by molar-refractivity contribution is -0.140. The fourth-order valence-electron chi connectivity index (χ4n) is 2.05. The van der Waals surface area contributed by atoms with Crippen LogP contribution in [-0.4, -0.2) is 41.3 Å². The number of nitrogens with one attached hydrogen (secondary N) is 2. The van der Waals surface area contributed by atoms with E-state index in [9.17, 15) is 13.2 Å². The molecule has 2 heterocycles. The van der Waals surface area contributed by atoms with E-state index in [-0.39, 0.29) is 12.6 Å². The second-order valence-electron chi connectivity index (χ2n) is 5.37. The first-order valence-electron chi connectivity index (χ1n) is 8.23. The maximum absolute atomic E-state index is 12.5. The maximum Gasteiger partial charge on any atom is 0.434 e. The summed E-state index contributed by atoms with van der Waals surface area (Å²) >= 11 is 0.979. The van der Waals surface area contributed by atoms with Gasteiger partial charge >= 0.3 is 6.18 Å². The number of aliphatic imine (C=N–C) groups is 1. The van der Waals surface area contributed by atoms with Gasteiger partial charge in [-0.2, -0.15) is 18.2 Å². The molecule has 2 rings (SSSR count). The largest absolute Gasteiger partial charge is 0.434 e. The summed E-state index contributed by atoms with van der Waals surface area (Å²) in [5.74, 6) is 1.29. The fraction of sp³-hybridized carbons (Fsp3) is 0.600. The normalized spacial score (nSPS) is 13.6. The molecule has 0 radical (unpaired) electrons. The van der Waals surface area contributed by atoms with Crippen molar-refractivity contribution in [2.75, 3.05) is 20.2 Å². The summed E-state index contributed by atoms with van der Waals surface area (Å²) in [6.45, 7) is 4.88. The van der Waals surface area contributed by atoms with E-state index in [0.717, 1.165) is 16.7 Å². The molecule has 1 unspecified atom stereocenters. The minimum absolute atomic E-state index is 0.251. The smallest absolute Gasteiger partial charge is 0.371 e. The van der Waals surface area contributed by atoms with Crippen LogP contribution in [0.3, 0.4) is 0 Å². The molecule has 2 aromatic rings. The van der Waals surface area contributed by atoms with Gasteiger partial charge in [-0.05, 0) is 13.8 Å². The van der Waals surface area contributed by atoms with Gasteiger partial charge in [0.1, 0.15) is 6.10 Å². The molecule has 150 valence electrons. The Hall–Kier alpha value is -2.21. The molecule has 0 saturated heterocycles. The van der Waals surface area contributed by atoms with Gasteiger partial charge in [0.15, 0.2) is 17.5 Å². The number of hydrogen-bond donors (Lipinski definition) is 2. The fourth-order valence-corrected chi connectivity index (χ4v) is 2.86. The monoisotopic (exact) mass is 406 g/mol. The van der Waals surface area contributed by atoms with Gasteiger partial charge in [0, 0.05) is 32.0 Å². The van der Waals surface area contributed by atoms with Gasteiger partial charge in [-0.25, -0.2) is 4.98 Å². The van der Waals surface area contributed by atoms with E-state index in [0.29, 0.717) is 42.3 Å². The van der Waals surface area contributed by atoms with Crippen molar-refractivity contribution in [2.24, 2.45) is 4.99 Å². The van der Waals surface area contributed by atoms with Crippen molar-refractivity contribution in [3.05, 3.63) is 27.8 Å². The minimum atomic E-state index is -4.41. The number of guanidine groups is 1. The Balaban J connectivity index is 1.77. The van der Waals surface area contributed by atoms with E-state index in [1.54, 1.807) is 7.05 Å². The zero-order chi connectivity index (χ0) is 19.9. The second kappa shape index (κ2) is 9.65. The zero-order valence-electron chi connectivity index (χ0n) is 15.1. The Morgan fingerprint density at radius 2 is 2.15 bits per heavy atom. The van der Waals surface area contributed by atoms with Crippen LogP contribution in [0, 0.1) is 0 Å². The number of nitrogens with zero attached hydrogens (tertiary/aromatic N) is 4. The third-order valence-corrected chi connectivity index (χ3v) is 4.28. The molecule has 2 aromatic heterocycles. The van der Waals surface area contributed by atoms with E-state index in [2.05, 4.69) is 30.8 Å². The van der Waals surface area contributed by atoms with Crippen molar-refractivity contribution in [3.63, 3.8) is 0 Å². The number of aromatic nitrogens is 3. The first kappa shape index (κ1) is 21.1. The average Bonchev–Trinajstić information content (AvgIpc) is 3.27. The van der Waals surface area contributed by atoms with Crippen LogP contribution in [0.4, 0.5) is 13.2 Å². The van der Waals surface area contributed by atoms with Crippen LogP contribution in [0.1, 0.15) is 42.4 Å². The molecule has 0 spiro atoms. The van der Waals surface area contributed by atoms with Gasteiger partial charge in [-0.1, -0.05) is 5.16 Å². The van der Waals surface area contributed by atoms with Gasteiger partial charge in [0.25, 0.3) is 0 Å². The van der Waals surface area contributed by atoms with E-state index in [1.807, 2.05) is 13.8 Å². The summed E-state index contributed by atoms with van der Waals surface area (Å²) in [4.78, 5) is 11.8.